The number of hydrogen-bond acceptors (Lipinski definition) is 3. The van der Waals surface area contributed by atoms with Crippen molar-refractivity contribution in [2.45, 2.75) is 6.10 Å². The topological polar surface area (TPSA) is 38.7 Å². The first-order valence-electron chi connectivity index (χ1n) is 5.91. The van der Waals surface area contributed by atoms with E-state index in [1.807, 2.05) is 0 Å². The first-order chi connectivity index (χ1) is 9.56. The molecule has 0 spiro atoms. The van der Waals surface area contributed by atoms with Crippen molar-refractivity contribution in [1.29, 1.82) is 0 Å². The second-order valence-corrected chi connectivity index (χ2v) is 5.00. The normalized spacial score (nSPS) is 12.1. The fourth-order valence-electron chi connectivity index (χ4n) is 1.91. The molecule has 20 heavy (non-hydrogen) atoms. The highest BCUT2D eigenvalue weighted by atomic mass is 35.5. The Hall–Kier alpha value is -1.42. The van der Waals surface area contributed by atoms with Gasteiger partial charge in [-0.25, -0.2) is 0 Å². The molecule has 2 rings (SSSR count). The van der Waals surface area contributed by atoms with Crippen molar-refractivity contribution in [1.82, 2.24) is 0 Å². The van der Waals surface area contributed by atoms with Crippen molar-refractivity contribution in [3.8, 4) is 11.5 Å². The summed E-state index contributed by atoms with van der Waals surface area (Å²) in [6, 6.07) is 10.2. The molecule has 0 aliphatic carbocycles. The highest BCUT2D eigenvalue weighted by Crippen LogP contribution is 2.34. The molecule has 0 radical (unpaired) electrons. The van der Waals surface area contributed by atoms with Gasteiger partial charge >= 0.3 is 0 Å². The summed E-state index contributed by atoms with van der Waals surface area (Å²) < 4.78 is 10.4. The fraction of sp³-hybridized carbons (Fsp3) is 0.200. The lowest BCUT2D eigenvalue weighted by Crippen LogP contribution is -2.03. The van der Waals surface area contributed by atoms with Crippen LogP contribution < -0.4 is 9.47 Å². The number of rotatable bonds is 4. The van der Waals surface area contributed by atoms with Crippen LogP contribution in [0.1, 0.15) is 17.2 Å². The van der Waals surface area contributed by atoms with Crippen LogP contribution >= 0.6 is 23.2 Å². The Balaban J connectivity index is 2.41. The smallest absolute Gasteiger partial charge is 0.128 e. The Bertz CT molecular complexity index is 614. The third-order valence-corrected chi connectivity index (χ3v) is 3.73. The number of aliphatic hydroxyl groups is 1. The van der Waals surface area contributed by atoms with E-state index in [4.69, 9.17) is 32.7 Å². The van der Waals surface area contributed by atoms with Crippen molar-refractivity contribution in [2.24, 2.45) is 0 Å². The van der Waals surface area contributed by atoms with Crippen LogP contribution in [0, 0.1) is 0 Å². The highest BCUT2D eigenvalue weighted by Gasteiger charge is 2.17. The molecule has 0 aromatic heterocycles. The van der Waals surface area contributed by atoms with E-state index in [0.717, 1.165) is 0 Å². The molecule has 1 N–H and O–H groups in total. The van der Waals surface area contributed by atoms with Gasteiger partial charge < -0.3 is 14.6 Å². The maximum atomic E-state index is 10.5. The van der Waals surface area contributed by atoms with E-state index < -0.39 is 6.10 Å². The van der Waals surface area contributed by atoms with Gasteiger partial charge in [-0.1, -0.05) is 29.3 Å². The summed E-state index contributed by atoms with van der Waals surface area (Å²) in [6.07, 6.45) is -0.856. The molecule has 0 saturated carbocycles. The van der Waals surface area contributed by atoms with Crippen LogP contribution in [-0.4, -0.2) is 19.3 Å². The summed E-state index contributed by atoms with van der Waals surface area (Å²) in [5.74, 6) is 1.20. The standard InChI is InChI=1S/C15H14Cl2O3/c1-19-10-4-5-11(14(8-10)20-2)15(18)9-3-6-12(16)13(17)7-9/h3-8,15,18H,1-2H3/t15-/m0/s1. The lowest BCUT2D eigenvalue weighted by atomic mass is 10.0. The van der Waals surface area contributed by atoms with Crippen molar-refractivity contribution in [2.75, 3.05) is 14.2 Å². The van der Waals surface area contributed by atoms with E-state index in [-0.39, 0.29) is 0 Å². The van der Waals surface area contributed by atoms with Crippen molar-refractivity contribution < 1.29 is 14.6 Å². The molecule has 5 heteroatoms. The summed E-state index contributed by atoms with van der Waals surface area (Å²) in [4.78, 5) is 0. The molecule has 0 aliphatic rings. The largest absolute Gasteiger partial charge is 0.497 e. The molecule has 0 saturated heterocycles. The van der Waals surface area contributed by atoms with E-state index in [1.165, 1.54) is 0 Å². The molecular weight excluding hydrogens is 299 g/mol. The van der Waals surface area contributed by atoms with E-state index in [1.54, 1.807) is 50.6 Å². The fourth-order valence-corrected chi connectivity index (χ4v) is 2.21. The van der Waals surface area contributed by atoms with E-state index in [0.29, 0.717) is 32.7 Å². The monoisotopic (exact) mass is 312 g/mol. The van der Waals surface area contributed by atoms with Crippen LogP contribution in [-0.2, 0) is 0 Å². The summed E-state index contributed by atoms with van der Waals surface area (Å²) in [6.45, 7) is 0. The van der Waals surface area contributed by atoms with Crippen LogP contribution in [0.5, 0.6) is 11.5 Å². The molecule has 0 bridgehead atoms. The van der Waals surface area contributed by atoms with Crippen molar-refractivity contribution >= 4 is 23.2 Å². The van der Waals surface area contributed by atoms with Crippen molar-refractivity contribution in [3.63, 3.8) is 0 Å². The summed E-state index contributed by atoms with van der Waals surface area (Å²) in [5.41, 5.74) is 1.27. The van der Waals surface area contributed by atoms with E-state index in [2.05, 4.69) is 0 Å². The van der Waals surface area contributed by atoms with Gasteiger partial charge in [0.05, 0.1) is 24.3 Å². The molecule has 2 aromatic carbocycles. The van der Waals surface area contributed by atoms with Gasteiger partial charge in [-0.3, -0.25) is 0 Å². The van der Waals surface area contributed by atoms with Crippen LogP contribution in [0.4, 0.5) is 0 Å². The number of halogens is 2. The molecule has 0 aliphatic heterocycles. The lowest BCUT2D eigenvalue weighted by Gasteiger charge is -2.16. The quantitative estimate of drug-likeness (QED) is 0.924. The Morgan fingerprint density at radius 2 is 1.70 bits per heavy atom. The summed E-state index contributed by atoms with van der Waals surface area (Å²) in [5, 5.41) is 11.3. The zero-order valence-electron chi connectivity index (χ0n) is 11.1. The Morgan fingerprint density at radius 3 is 2.30 bits per heavy atom. The van der Waals surface area contributed by atoms with Crippen LogP contribution in [0.15, 0.2) is 36.4 Å². The molecule has 0 unspecified atom stereocenters. The van der Waals surface area contributed by atoms with Gasteiger partial charge in [0.15, 0.2) is 0 Å². The van der Waals surface area contributed by atoms with Gasteiger partial charge in [0, 0.05) is 11.6 Å². The molecule has 0 heterocycles. The average molecular weight is 313 g/mol. The Labute approximate surface area is 127 Å². The number of ether oxygens (including phenoxy) is 2. The van der Waals surface area contributed by atoms with Crippen LogP contribution in [0.2, 0.25) is 10.0 Å². The molecular formula is C15H14Cl2O3. The van der Waals surface area contributed by atoms with Gasteiger partial charge in [0.2, 0.25) is 0 Å². The zero-order valence-corrected chi connectivity index (χ0v) is 12.6. The van der Waals surface area contributed by atoms with E-state index >= 15 is 0 Å². The molecule has 106 valence electrons. The Morgan fingerprint density at radius 1 is 0.950 bits per heavy atom. The molecule has 3 nitrogen and oxygen atoms in total. The van der Waals surface area contributed by atoms with Gasteiger partial charge in [0.25, 0.3) is 0 Å². The SMILES string of the molecule is COc1ccc([C@@H](O)c2ccc(Cl)c(Cl)c2)c(OC)c1. The number of hydrogen-bond donors (Lipinski definition) is 1. The maximum absolute atomic E-state index is 10.5. The number of benzene rings is 2. The first-order valence-corrected chi connectivity index (χ1v) is 6.67. The van der Waals surface area contributed by atoms with Gasteiger partial charge in [-0.05, 0) is 29.8 Å². The van der Waals surface area contributed by atoms with Crippen LogP contribution in [0.25, 0.3) is 0 Å². The van der Waals surface area contributed by atoms with E-state index in [9.17, 15) is 5.11 Å². The van der Waals surface area contributed by atoms with Gasteiger partial charge in [-0.2, -0.15) is 0 Å². The van der Waals surface area contributed by atoms with Gasteiger partial charge in [-0.15, -0.1) is 0 Å². The minimum atomic E-state index is -0.856. The minimum Gasteiger partial charge on any atom is -0.497 e. The van der Waals surface area contributed by atoms with Crippen LogP contribution in [0.3, 0.4) is 0 Å². The maximum Gasteiger partial charge on any atom is 0.128 e. The number of methoxy groups -OCH3 is 2. The molecule has 1 atom stereocenters. The second kappa shape index (κ2) is 6.35. The third kappa shape index (κ3) is 3.01. The lowest BCUT2D eigenvalue weighted by molar-refractivity contribution is 0.214. The van der Waals surface area contributed by atoms with Gasteiger partial charge in [0.1, 0.15) is 17.6 Å². The Kier molecular flexibility index (Phi) is 4.76. The highest BCUT2D eigenvalue weighted by molar-refractivity contribution is 6.42. The third-order valence-electron chi connectivity index (χ3n) is 2.99. The predicted octanol–water partition coefficient (Wildman–Crippen LogP) is 4.09. The number of aliphatic hydroxyl groups excluding tert-OH is 1. The molecule has 2 aromatic rings. The predicted molar refractivity (Wildman–Crippen MR) is 80.1 cm³/mol. The second-order valence-electron chi connectivity index (χ2n) is 4.18. The molecule has 0 fully saturated rings. The zero-order chi connectivity index (χ0) is 14.7. The first kappa shape index (κ1) is 15.0. The summed E-state index contributed by atoms with van der Waals surface area (Å²) in [7, 11) is 3.11. The average Bonchev–Trinajstić information content (AvgIpc) is 2.48. The minimum absolute atomic E-state index is 0.399. The van der Waals surface area contributed by atoms with Crippen molar-refractivity contribution in [3.05, 3.63) is 57.6 Å². The summed E-state index contributed by atoms with van der Waals surface area (Å²) >= 11 is 11.8. The molecule has 0 amide bonds.